The van der Waals surface area contributed by atoms with Crippen molar-refractivity contribution < 1.29 is 19.1 Å². The van der Waals surface area contributed by atoms with Gasteiger partial charge in [-0.2, -0.15) is 0 Å². The van der Waals surface area contributed by atoms with Crippen LogP contribution < -0.4 is 0 Å². The lowest BCUT2D eigenvalue weighted by Crippen LogP contribution is -2.28. The molecule has 0 aliphatic rings. The average molecular weight is 481 g/mol. The first kappa shape index (κ1) is 28.6. The lowest BCUT2D eigenvalue weighted by molar-refractivity contribution is -0.00550. The average Bonchev–Trinajstić information content (AvgIpc) is 2.89. The van der Waals surface area contributed by atoms with E-state index in [1.54, 1.807) is 24.3 Å². The Bertz CT molecular complexity index is 826. The summed E-state index contributed by atoms with van der Waals surface area (Å²) in [6.45, 7) is 6.55. The maximum Gasteiger partial charge on any atom is 0.338 e. The second kappa shape index (κ2) is 16.9. The van der Waals surface area contributed by atoms with Crippen LogP contribution in [0.4, 0.5) is 0 Å². The fourth-order valence-corrected chi connectivity index (χ4v) is 4.49. The number of esters is 2. The molecule has 4 heteroatoms. The number of ether oxygens (including phenoxy) is 2. The zero-order valence-corrected chi connectivity index (χ0v) is 21.9. The normalized spacial score (nSPS) is 12.8. The van der Waals surface area contributed by atoms with Crippen LogP contribution >= 0.6 is 0 Å². The van der Waals surface area contributed by atoms with Gasteiger partial charge in [0.05, 0.1) is 11.1 Å². The highest BCUT2D eigenvalue weighted by Crippen LogP contribution is 2.26. The Labute approximate surface area is 212 Å². The lowest BCUT2D eigenvalue weighted by Gasteiger charge is -2.26. The van der Waals surface area contributed by atoms with Crippen LogP contribution in [0.25, 0.3) is 0 Å². The number of carbonyl (C=O) groups excluding carboxylic acids is 2. The zero-order valence-electron chi connectivity index (χ0n) is 21.9. The van der Waals surface area contributed by atoms with Crippen LogP contribution in [0.5, 0.6) is 0 Å². The molecule has 35 heavy (non-hydrogen) atoms. The molecule has 0 saturated heterocycles. The van der Waals surface area contributed by atoms with E-state index >= 15 is 0 Å². The van der Waals surface area contributed by atoms with Crippen molar-refractivity contribution in [1.82, 2.24) is 0 Å². The molecule has 0 aliphatic carbocycles. The molecular weight excluding hydrogens is 436 g/mol. The quantitative estimate of drug-likeness (QED) is 0.213. The van der Waals surface area contributed by atoms with E-state index in [4.69, 9.17) is 9.47 Å². The van der Waals surface area contributed by atoms with E-state index in [0.29, 0.717) is 23.5 Å². The van der Waals surface area contributed by atoms with Gasteiger partial charge in [-0.05, 0) is 49.4 Å². The number of carbonyl (C=O) groups is 2. The van der Waals surface area contributed by atoms with E-state index in [2.05, 4.69) is 20.8 Å². The maximum absolute atomic E-state index is 12.9. The van der Waals surface area contributed by atoms with Crippen molar-refractivity contribution in [2.75, 3.05) is 0 Å². The van der Waals surface area contributed by atoms with E-state index in [9.17, 15) is 9.59 Å². The lowest BCUT2D eigenvalue weighted by atomic mass is 9.89. The van der Waals surface area contributed by atoms with E-state index < -0.39 is 0 Å². The summed E-state index contributed by atoms with van der Waals surface area (Å²) < 4.78 is 11.9. The van der Waals surface area contributed by atoms with Gasteiger partial charge < -0.3 is 9.47 Å². The molecule has 0 amide bonds. The Balaban J connectivity index is 2.11. The highest BCUT2D eigenvalue weighted by atomic mass is 16.6. The molecule has 0 bridgehead atoms. The molecule has 0 heterocycles. The number of benzene rings is 2. The second-order valence-electron chi connectivity index (χ2n) is 9.54. The molecule has 2 aromatic carbocycles. The van der Waals surface area contributed by atoms with Crippen molar-refractivity contribution in [2.24, 2.45) is 5.92 Å². The molecule has 0 spiro atoms. The van der Waals surface area contributed by atoms with Crippen LogP contribution in [-0.2, 0) is 9.47 Å². The molecule has 2 aromatic rings. The molecule has 192 valence electrons. The summed E-state index contributed by atoms with van der Waals surface area (Å²) in [4.78, 5) is 25.6. The minimum Gasteiger partial charge on any atom is -0.459 e. The van der Waals surface area contributed by atoms with Gasteiger partial charge >= 0.3 is 11.9 Å². The number of hydrogen-bond acceptors (Lipinski definition) is 4. The summed E-state index contributed by atoms with van der Waals surface area (Å²) in [5.74, 6) is 0.0178. The predicted octanol–water partition coefficient (Wildman–Crippen LogP) is 8.40. The second-order valence-corrected chi connectivity index (χ2v) is 9.54. The van der Waals surface area contributed by atoms with Gasteiger partial charge in [-0.1, -0.05) is 102 Å². The third-order valence-electron chi connectivity index (χ3n) is 6.53. The van der Waals surface area contributed by atoms with Gasteiger partial charge in [-0.3, -0.25) is 0 Å². The number of rotatable bonds is 17. The number of unbranched alkanes of at least 4 members (excludes halogenated alkanes) is 2. The summed E-state index contributed by atoms with van der Waals surface area (Å²) in [6.07, 6.45) is 10.7. The first-order valence-electron chi connectivity index (χ1n) is 13.6. The maximum atomic E-state index is 12.9. The topological polar surface area (TPSA) is 52.6 Å². The molecule has 2 atom stereocenters. The minimum absolute atomic E-state index is 0.284. The minimum atomic E-state index is -0.319. The van der Waals surface area contributed by atoms with E-state index in [0.717, 1.165) is 25.7 Å². The monoisotopic (exact) mass is 480 g/mol. The van der Waals surface area contributed by atoms with Gasteiger partial charge in [-0.25, -0.2) is 9.59 Å². The van der Waals surface area contributed by atoms with E-state index in [1.807, 2.05) is 36.4 Å². The summed E-state index contributed by atoms with van der Waals surface area (Å²) >= 11 is 0. The van der Waals surface area contributed by atoms with Crippen molar-refractivity contribution in [3.63, 3.8) is 0 Å². The molecule has 4 nitrogen and oxygen atoms in total. The van der Waals surface area contributed by atoms with Crippen molar-refractivity contribution >= 4 is 11.9 Å². The highest BCUT2D eigenvalue weighted by Gasteiger charge is 2.25. The first-order valence-corrected chi connectivity index (χ1v) is 13.6. The molecule has 0 aromatic heterocycles. The standard InChI is InChI=1S/C31H44O4/c1-4-7-16-25(17-8-5-2)22-23-29(35-31(33)27-20-13-10-14-21-27)24-28(15-6-3)34-30(32)26-18-11-9-12-19-26/h9-14,18-21,25,28-29H,4-8,15-17,22-24H2,1-3H3. The van der Waals surface area contributed by atoms with Crippen LogP contribution in [0.1, 0.15) is 112 Å². The molecule has 2 rings (SSSR count). The van der Waals surface area contributed by atoms with Crippen LogP contribution in [0.2, 0.25) is 0 Å². The van der Waals surface area contributed by atoms with Crippen molar-refractivity contribution in [2.45, 2.75) is 104 Å². The molecule has 2 unspecified atom stereocenters. The molecule has 0 fully saturated rings. The van der Waals surface area contributed by atoms with Crippen molar-refractivity contribution in [3.05, 3.63) is 71.8 Å². The van der Waals surface area contributed by atoms with Crippen LogP contribution in [0.15, 0.2) is 60.7 Å². The highest BCUT2D eigenvalue weighted by molar-refractivity contribution is 5.90. The zero-order chi connectivity index (χ0) is 25.3. The fourth-order valence-electron chi connectivity index (χ4n) is 4.49. The van der Waals surface area contributed by atoms with Crippen LogP contribution in [0.3, 0.4) is 0 Å². The largest absolute Gasteiger partial charge is 0.459 e. The van der Waals surface area contributed by atoms with Crippen LogP contribution in [-0.4, -0.2) is 24.1 Å². The summed E-state index contributed by atoms with van der Waals surface area (Å²) in [5, 5.41) is 0. The van der Waals surface area contributed by atoms with Crippen molar-refractivity contribution in [3.8, 4) is 0 Å². The third-order valence-corrected chi connectivity index (χ3v) is 6.53. The summed E-state index contributed by atoms with van der Waals surface area (Å²) in [5.41, 5.74) is 1.10. The van der Waals surface area contributed by atoms with Gasteiger partial charge in [0.15, 0.2) is 0 Å². The fraction of sp³-hybridized carbons (Fsp3) is 0.548. The molecule has 0 saturated carbocycles. The summed E-state index contributed by atoms with van der Waals surface area (Å²) in [6, 6.07) is 18.2. The Morgan fingerprint density at radius 3 is 1.49 bits per heavy atom. The number of hydrogen-bond donors (Lipinski definition) is 0. The molecular formula is C31H44O4. The molecule has 0 radical (unpaired) electrons. The Hall–Kier alpha value is -2.62. The Kier molecular flexibility index (Phi) is 13.8. The van der Waals surface area contributed by atoms with Gasteiger partial charge in [-0.15, -0.1) is 0 Å². The molecule has 0 aliphatic heterocycles. The SMILES string of the molecule is CCCCC(CCCC)CCC(CC(CCC)OC(=O)c1ccccc1)OC(=O)c1ccccc1. The Morgan fingerprint density at radius 1 is 0.600 bits per heavy atom. The van der Waals surface area contributed by atoms with Gasteiger partial charge in [0, 0.05) is 6.42 Å². The van der Waals surface area contributed by atoms with E-state index in [1.165, 1.54) is 38.5 Å². The van der Waals surface area contributed by atoms with E-state index in [-0.39, 0.29) is 24.1 Å². The van der Waals surface area contributed by atoms with Crippen molar-refractivity contribution in [1.29, 1.82) is 0 Å². The summed E-state index contributed by atoms with van der Waals surface area (Å²) in [7, 11) is 0. The van der Waals surface area contributed by atoms with Gasteiger partial charge in [0.25, 0.3) is 0 Å². The van der Waals surface area contributed by atoms with Crippen LogP contribution in [0, 0.1) is 5.92 Å². The van der Waals surface area contributed by atoms with Gasteiger partial charge in [0.1, 0.15) is 12.2 Å². The third kappa shape index (κ3) is 11.1. The first-order chi connectivity index (χ1) is 17.1. The predicted molar refractivity (Wildman–Crippen MR) is 143 cm³/mol. The van der Waals surface area contributed by atoms with Gasteiger partial charge in [0.2, 0.25) is 0 Å². The molecule has 0 N–H and O–H groups in total. The smallest absolute Gasteiger partial charge is 0.338 e. The Morgan fingerprint density at radius 2 is 1.06 bits per heavy atom.